The van der Waals surface area contributed by atoms with Gasteiger partial charge in [0.05, 0.1) is 12.6 Å². The summed E-state index contributed by atoms with van der Waals surface area (Å²) in [5.41, 5.74) is 11.9. The molecule has 2 fully saturated rings. The van der Waals surface area contributed by atoms with E-state index in [1.807, 2.05) is 31.2 Å². The van der Waals surface area contributed by atoms with E-state index in [1.165, 1.54) is 4.90 Å². The van der Waals surface area contributed by atoms with Crippen LogP contribution in [0, 0.1) is 6.92 Å². The average Bonchev–Trinajstić information content (AvgIpc) is 3.46. The van der Waals surface area contributed by atoms with Gasteiger partial charge in [-0.15, -0.1) is 0 Å². The smallest absolute Gasteiger partial charge is 0.252 e. The Morgan fingerprint density at radius 2 is 1.89 bits per heavy atom. The monoisotopic (exact) mass is 520 g/mol. The van der Waals surface area contributed by atoms with Gasteiger partial charge in [-0.05, 0) is 23.8 Å². The zero-order valence-corrected chi connectivity index (χ0v) is 20.6. The zero-order chi connectivity index (χ0) is 27.0. The second-order valence-electron chi connectivity index (χ2n) is 10.2. The Morgan fingerprint density at radius 1 is 1.16 bits per heavy atom. The molecule has 0 radical (unpaired) electrons. The summed E-state index contributed by atoms with van der Waals surface area (Å²) in [6.07, 6.45) is 0.199. The Bertz CT molecular complexity index is 1440. The summed E-state index contributed by atoms with van der Waals surface area (Å²) < 4.78 is 0. The van der Waals surface area contributed by atoms with Crippen LogP contribution in [0.5, 0.6) is 0 Å². The van der Waals surface area contributed by atoms with Gasteiger partial charge >= 0.3 is 0 Å². The summed E-state index contributed by atoms with van der Waals surface area (Å²) >= 11 is 0. The number of aryl methyl sites for hydroxylation is 1. The minimum absolute atomic E-state index is 0.0624. The van der Waals surface area contributed by atoms with Crippen molar-refractivity contribution in [2.75, 3.05) is 13.1 Å². The number of likely N-dealkylation sites (tertiary alicyclic amines) is 1. The zero-order valence-electron chi connectivity index (χ0n) is 20.6. The van der Waals surface area contributed by atoms with Crippen LogP contribution in [0.4, 0.5) is 0 Å². The molecule has 4 aliphatic rings. The molecule has 0 bridgehead atoms. The number of nitrogens with one attached hydrogen (secondary N) is 2. The molecule has 8 N–H and O–H groups in total. The van der Waals surface area contributed by atoms with Gasteiger partial charge in [0.1, 0.15) is 12.1 Å². The number of aliphatic hydroxyl groups is 2. The highest BCUT2D eigenvalue weighted by atomic mass is 16.5. The first-order valence-corrected chi connectivity index (χ1v) is 12.3. The van der Waals surface area contributed by atoms with Crippen LogP contribution in [-0.4, -0.2) is 92.3 Å². The second-order valence-corrected chi connectivity index (χ2v) is 10.2. The van der Waals surface area contributed by atoms with Crippen molar-refractivity contribution in [3.63, 3.8) is 0 Å². The molecule has 6 rings (SSSR count). The fourth-order valence-corrected chi connectivity index (χ4v) is 6.09. The number of carbonyl (C=O) groups is 3. The predicted molar refractivity (Wildman–Crippen MR) is 136 cm³/mol. The molecular weight excluding hydrogens is 492 g/mol. The number of nitrogens with zero attached hydrogens (tertiary/aromatic N) is 4. The Labute approximate surface area is 217 Å². The summed E-state index contributed by atoms with van der Waals surface area (Å²) in [5, 5.41) is 30.5. The van der Waals surface area contributed by atoms with Crippen LogP contribution in [0.25, 0.3) is 10.8 Å². The summed E-state index contributed by atoms with van der Waals surface area (Å²) in [6.45, 7) is 1.71. The molecule has 1 unspecified atom stereocenters. The number of carbonyl (C=O) groups excluding carboxylic acids is 3. The van der Waals surface area contributed by atoms with Gasteiger partial charge in [-0.2, -0.15) is 0 Å². The molecule has 3 amide bonds. The molecule has 4 atom stereocenters. The van der Waals surface area contributed by atoms with Gasteiger partial charge in [-0.25, -0.2) is 9.98 Å². The van der Waals surface area contributed by atoms with Crippen molar-refractivity contribution in [3.05, 3.63) is 47.5 Å². The molecule has 0 saturated carbocycles. The quantitative estimate of drug-likeness (QED) is 0.196. The van der Waals surface area contributed by atoms with Crippen LogP contribution in [-0.2, 0) is 9.59 Å². The molecule has 1 spiro atoms. The number of rotatable bonds is 4. The van der Waals surface area contributed by atoms with E-state index in [0.717, 1.165) is 21.2 Å². The SMILES string of the molecule is Cc1ccc2c(C(=O)NC3CN4C(N)=N[C@@H](CN5C(=O)CCC5=O)[C@@H]5N=C(N)N[C@@]54C3(O)O)cccc2c1. The molecule has 13 heteroatoms. The predicted octanol–water partition coefficient (Wildman–Crippen LogP) is -1.93. The Morgan fingerprint density at radius 3 is 2.63 bits per heavy atom. The molecule has 0 aliphatic carbocycles. The molecular formula is C25H28N8O5. The molecule has 2 saturated heterocycles. The minimum atomic E-state index is -2.63. The topological polar surface area (TPSA) is 199 Å². The molecule has 2 aromatic rings. The van der Waals surface area contributed by atoms with Crippen molar-refractivity contribution in [2.24, 2.45) is 21.5 Å². The molecule has 4 heterocycles. The van der Waals surface area contributed by atoms with Gasteiger partial charge < -0.3 is 37.2 Å². The first-order chi connectivity index (χ1) is 18.0. The maximum absolute atomic E-state index is 13.4. The standard InChI is InChI=1S/C25H28N8O5/c1-12-5-6-14-13(9-12)3-2-4-15(14)21(36)29-17-11-33-23(27)28-16(10-32-18(34)7-8-19(32)35)20-24(33,25(17,37)38)31-22(26)30-20/h2-6,9,16-17,20,37-38H,7-8,10-11H2,1H3,(H2,27,28)(H,29,36)(H3,26,30,31)/t16-,17?,20-,24-/m0/s1. The third-order valence-electron chi connectivity index (χ3n) is 7.91. The number of guanidine groups is 2. The lowest BCUT2D eigenvalue weighted by Gasteiger charge is -2.49. The number of aliphatic imine (C=N–C) groups is 2. The maximum atomic E-state index is 13.4. The lowest BCUT2D eigenvalue weighted by Crippen LogP contribution is -2.78. The molecule has 0 aromatic heterocycles. The van der Waals surface area contributed by atoms with E-state index in [0.29, 0.717) is 5.56 Å². The van der Waals surface area contributed by atoms with E-state index < -0.39 is 35.5 Å². The molecule has 198 valence electrons. The average molecular weight is 521 g/mol. The highest BCUT2D eigenvalue weighted by Gasteiger charge is 2.73. The minimum Gasteiger partial charge on any atom is -0.370 e. The molecule has 2 aromatic carbocycles. The van der Waals surface area contributed by atoms with Crippen molar-refractivity contribution in [3.8, 4) is 0 Å². The van der Waals surface area contributed by atoms with Gasteiger partial charge in [0, 0.05) is 24.9 Å². The second kappa shape index (κ2) is 8.13. The third-order valence-corrected chi connectivity index (χ3v) is 7.91. The Kier molecular flexibility index (Phi) is 5.16. The fourth-order valence-electron chi connectivity index (χ4n) is 6.09. The fraction of sp³-hybridized carbons (Fsp3) is 0.400. The van der Waals surface area contributed by atoms with Crippen LogP contribution in [0.1, 0.15) is 28.8 Å². The number of amides is 3. The van der Waals surface area contributed by atoms with Crippen LogP contribution < -0.4 is 22.1 Å². The molecule has 4 aliphatic heterocycles. The van der Waals surface area contributed by atoms with E-state index >= 15 is 0 Å². The van der Waals surface area contributed by atoms with Crippen molar-refractivity contribution in [1.29, 1.82) is 0 Å². The molecule has 13 nitrogen and oxygen atoms in total. The van der Waals surface area contributed by atoms with Gasteiger partial charge in [0.2, 0.25) is 17.6 Å². The van der Waals surface area contributed by atoms with E-state index in [1.54, 1.807) is 12.1 Å². The number of benzene rings is 2. The lowest BCUT2D eigenvalue weighted by atomic mass is 9.84. The van der Waals surface area contributed by atoms with E-state index in [2.05, 4.69) is 20.6 Å². The Hall–Kier alpha value is -4.23. The van der Waals surface area contributed by atoms with E-state index in [9.17, 15) is 24.6 Å². The summed E-state index contributed by atoms with van der Waals surface area (Å²) in [5.74, 6) is -3.97. The number of fused-ring (bicyclic) bond motifs is 1. The van der Waals surface area contributed by atoms with Gasteiger partial charge in [-0.3, -0.25) is 19.3 Å². The summed E-state index contributed by atoms with van der Waals surface area (Å²) in [4.78, 5) is 49.3. The van der Waals surface area contributed by atoms with Crippen molar-refractivity contribution >= 4 is 40.4 Å². The summed E-state index contributed by atoms with van der Waals surface area (Å²) in [6, 6.07) is 7.90. The normalized spacial score (nSPS) is 29.6. The molecule has 38 heavy (non-hydrogen) atoms. The highest BCUT2D eigenvalue weighted by molar-refractivity contribution is 6.07. The number of nitrogens with two attached hydrogens (primary N) is 2. The van der Waals surface area contributed by atoms with Gasteiger partial charge in [0.25, 0.3) is 5.91 Å². The highest BCUT2D eigenvalue weighted by Crippen LogP contribution is 2.45. The van der Waals surface area contributed by atoms with Crippen LogP contribution in [0.15, 0.2) is 46.4 Å². The van der Waals surface area contributed by atoms with Gasteiger partial charge in [-0.1, -0.05) is 35.9 Å². The van der Waals surface area contributed by atoms with E-state index in [-0.39, 0.29) is 49.7 Å². The third kappa shape index (κ3) is 3.28. The first-order valence-electron chi connectivity index (χ1n) is 12.3. The van der Waals surface area contributed by atoms with Crippen LogP contribution >= 0.6 is 0 Å². The van der Waals surface area contributed by atoms with Gasteiger partial charge in [0.15, 0.2) is 17.6 Å². The van der Waals surface area contributed by atoms with Crippen molar-refractivity contribution < 1.29 is 24.6 Å². The van der Waals surface area contributed by atoms with Crippen molar-refractivity contribution in [2.45, 2.75) is 49.3 Å². The van der Waals surface area contributed by atoms with Crippen molar-refractivity contribution in [1.82, 2.24) is 20.4 Å². The van der Waals surface area contributed by atoms with E-state index in [4.69, 9.17) is 11.5 Å². The number of imide groups is 1. The van der Waals surface area contributed by atoms with Crippen LogP contribution in [0.2, 0.25) is 0 Å². The number of hydrogen-bond donors (Lipinski definition) is 6. The Balaban J connectivity index is 1.33. The lowest BCUT2D eigenvalue weighted by molar-refractivity contribution is -0.230. The maximum Gasteiger partial charge on any atom is 0.252 e. The summed E-state index contributed by atoms with van der Waals surface area (Å²) in [7, 11) is 0. The first kappa shape index (κ1) is 24.1. The van der Waals surface area contributed by atoms with Crippen LogP contribution in [0.3, 0.4) is 0 Å². The number of hydrogen-bond acceptors (Lipinski definition) is 11. The largest absolute Gasteiger partial charge is 0.370 e.